The van der Waals surface area contributed by atoms with Crippen molar-refractivity contribution in [2.75, 3.05) is 13.1 Å². The number of carbonyl (C=O) groups is 1. The van der Waals surface area contributed by atoms with Crippen LogP contribution < -0.4 is 0 Å². The van der Waals surface area contributed by atoms with Crippen LogP contribution in [0.15, 0.2) is 12.2 Å². The molecule has 0 heterocycles. The fraction of sp³-hybridized carbons (Fsp3) is 0.700. The minimum Gasteiger partial charge on any atom is -0.443 e. The van der Waals surface area contributed by atoms with Gasteiger partial charge in [0, 0.05) is 5.57 Å². The average Bonchev–Trinajstić information content (AvgIpc) is 2.06. The highest BCUT2D eigenvalue weighted by Gasteiger charge is 2.14. The number of hydrogen-bond donors (Lipinski definition) is 0. The molecule has 1 atom stereocenters. The van der Waals surface area contributed by atoms with Crippen molar-refractivity contribution in [1.29, 1.82) is 0 Å². The molecular formula is C10H20BrNO2. The third-order valence-electron chi connectivity index (χ3n) is 1.95. The van der Waals surface area contributed by atoms with Gasteiger partial charge in [-0.15, -0.1) is 17.0 Å². The van der Waals surface area contributed by atoms with Gasteiger partial charge in [-0.05, 0) is 26.9 Å². The number of hydrogen-bond acceptors (Lipinski definition) is 3. The molecule has 0 rings (SSSR count). The molecule has 1 unspecified atom stereocenters. The molecule has 0 radical (unpaired) electrons. The van der Waals surface area contributed by atoms with Gasteiger partial charge in [0.15, 0.2) is 6.23 Å². The van der Waals surface area contributed by atoms with Crippen LogP contribution in [0.4, 0.5) is 0 Å². The molecule has 0 N–H and O–H groups in total. The second kappa shape index (κ2) is 8.00. The molecule has 0 aliphatic heterocycles. The first kappa shape index (κ1) is 16.1. The first-order chi connectivity index (χ1) is 6.02. The molecule has 0 amide bonds. The molecule has 0 saturated heterocycles. The van der Waals surface area contributed by atoms with E-state index in [-0.39, 0.29) is 29.2 Å². The zero-order valence-corrected chi connectivity index (χ0v) is 11.1. The maximum absolute atomic E-state index is 11.1. The number of rotatable bonds is 5. The van der Waals surface area contributed by atoms with E-state index in [0.29, 0.717) is 5.57 Å². The Hall–Kier alpha value is -0.350. The first-order valence-corrected chi connectivity index (χ1v) is 4.63. The normalized spacial score (nSPS) is 11.8. The number of halogens is 1. The molecule has 0 aliphatic carbocycles. The Morgan fingerprint density at radius 3 is 2.14 bits per heavy atom. The third kappa shape index (κ3) is 5.40. The summed E-state index contributed by atoms with van der Waals surface area (Å²) in [6.07, 6.45) is -0.167. The van der Waals surface area contributed by atoms with Crippen LogP contribution in [0, 0.1) is 0 Å². The van der Waals surface area contributed by atoms with Gasteiger partial charge < -0.3 is 4.74 Å². The quantitative estimate of drug-likeness (QED) is 0.434. The molecule has 84 valence electrons. The zero-order valence-electron chi connectivity index (χ0n) is 9.37. The van der Waals surface area contributed by atoms with E-state index in [0.717, 1.165) is 13.1 Å². The van der Waals surface area contributed by atoms with Gasteiger partial charge in [-0.25, -0.2) is 4.79 Å². The van der Waals surface area contributed by atoms with Crippen molar-refractivity contribution < 1.29 is 9.53 Å². The fourth-order valence-corrected chi connectivity index (χ4v) is 1.07. The second-order valence-electron chi connectivity index (χ2n) is 3.01. The van der Waals surface area contributed by atoms with Crippen molar-refractivity contribution in [1.82, 2.24) is 4.90 Å². The Bertz CT molecular complexity index is 191. The molecule has 0 bridgehead atoms. The lowest BCUT2D eigenvalue weighted by Gasteiger charge is -2.25. The molecule has 0 aromatic carbocycles. The molecule has 0 saturated carbocycles. The van der Waals surface area contributed by atoms with Crippen molar-refractivity contribution in [3.8, 4) is 0 Å². The van der Waals surface area contributed by atoms with Crippen LogP contribution >= 0.6 is 17.0 Å². The largest absolute Gasteiger partial charge is 0.443 e. The maximum atomic E-state index is 11.1. The van der Waals surface area contributed by atoms with Gasteiger partial charge in [-0.3, -0.25) is 4.90 Å². The van der Waals surface area contributed by atoms with Gasteiger partial charge in [-0.2, -0.15) is 0 Å². The summed E-state index contributed by atoms with van der Waals surface area (Å²) >= 11 is 0. The van der Waals surface area contributed by atoms with Crippen molar-refractivity contribution in [2.24, 2.45) is 0 Å². The SMILES string of the molecule is Br.C=C(C)C(=O)OC(C)N(CC)CC. The lowest BCUT2D eigenvalue weighted by molar-refractivity contribution is -0.152. The van der Waals surface area contributed by atoms with Crippen LogP contribution in [0.25, 0.3) is 0 Å². The molecule has 3 nitrogen and oxygen atoms in total. The molecule has 0 aromatic heterocycles. The van der Waals surface area contributed by atoms with E-state index in [1.807, 2.05) is 20.8 Å². The topological polar surface area (TPSA) is 29.5 Å². The van der Waals surface area contributed by atoms with Crippen molar-refractivity contribution in [3.63, 3.8) is 0 Å². The summed E-state index contributed by atoms with van der Waals surface area (Å²) in [6, 6.07) is 0. The van der Waals surface area contributed by atoms with Crippen LogP contribution in [0.1, 0.15) is 27.7 Å². The Kier molecular flexibility index (Phi) is 9.20. The molecule has 0 fully saturated rings. The van der Waals surface area contributed by atoms with Crippen LogP contribution in [0.5, 0.6) is 0 Å². The van der Waals surface area contributed by atoms with Crippen LogP contribution in [-0.2, 0) is 9.53 Å². The zero-order chi connectivity index (χ0) is 10.4. The lowest BCUT2D eigenvalue weighted by Crippen LogP contribution is -2.36. The van der Waals surface area contributed by atoms with Gasteiger partial charge in [-0.1, -0.05) is 20.4 Å². The summed E-state index contributed by atoms with van der Waals surface area (Å²) in [6.45, 7) is 12.9. The van der Waals surface area contributed by atoms with Crippen LogP contribution in [-0.4, -0.2) is 30.2 Å². The van der Waals surface area contributed by atoms with E-state index in [4.69, 9.17) is 4.74 Å². The van der Waals surface area contributed by atoms with E-state index in [2.05, 4.69) is 11.5 Å². The molecule has 0 aliphatic rings. The summed E-state index contributed by atoms with van der Waals surface area (Å²) < 4.78 is 5.14. The second-order valence-corrected chi connectivity index (χ2v) is 3.01. The summed E-state index contributed by atoms with van der Waals surface area (Å²) in [5.41, 5.74) is 0.444. The Balaban J connectivity index is 0. The van der Waals surface area contributed by atoms with E-state index in [1.165, 1.54) is 0 Å². The van der Waals surface area contributed by atoms with Crippen molar-refractivity contribution in [3.05, 3.63) is 12.2 Å². The first-order valence-electron chi connectivity index (χ1n) is 4.63. The number of nitrogens with zero attached hydrogens (tertiary/aromatic N) is 1. The summed E-state index contributed by atoms with van der Waals surface area (Å²) in [4.78, 5) is 13.2. The summed E-state index contributed by atoms with van der Waals surface area (Å²) in [7, 11) is 0. The van der Waals surface area contributed by atoms with E-state index in [9.17, 15) is 4.79 Å². The van der Waals surface area contributed by atoms with Crippen LogP contribution in [0.2, 0.25) is 0 Å². The Labute approximate surface area is 96.9 Å². The highest BCUT2D eigenvalue weighted by atomic mass is 79.9. The summed E-state index contributed by atoms with van der Waals surface area (Å²) in [5, 5.41) is 0. The number of carbonyl (C=O) groups excluding carboxylic acids is 1. The highest BCUT2D eigenvalue weighted by molar-refractivity contribution is 8.93. The number of esters is 1. The van der Waals surface area contributed by atoms with Gasteiger partial charge in [0.05, 0.1) is 0 Å². The predicted molar refractivity (Wildman–Crippen MR) is 63.6 cm³/mol. The van der Waals surface area contributed by atoms with Crippen molar-refractivity contribution >= 4 is 23.0 Å². The lowest BCUT2D eigenvalue weighted by atomic mass is 10.3. The highest BCUT2D eigenvalue weighted by Crippen LogP contribution is 2.03. The van der Waals surface area contributed by atoms with Crippen molar-refractivity contribution in [2.45, 2.75) is 33.9 Å². The smallest absolute Gasteiger partial charge is 0.334 e. The van der Waals surface area contributed by atoms with Gasteiger partial charge in [0.25, 0.3) is 0 Å². The van der Waals surface area contributed by atoms with Crippen LogP contribution in [0.3, 0.4) is 0 Å². The molecule has 14 heavy (non-hydrogen) atoms. The molecule has 0 spiro atoms. The van der Waals surface area contributed by atoms with E-state index in [1.54, 1.807) is 6.92 Å². The molecule has 0 aromatic rings. The minimum atomic E-state index is -0.320. The molecule has 4 heteroatoms. The average molecular weight is 266 g/mol. The maximum Gasteiger partial charge on any atom is 0.334 e. The predicted octanol–water partition coefficient (Wildman–Crippen LogP) is 2.37. The molecular weight excluding hydrogens is 246 g/mol. The van der Waals surface area contributed by atoms with Gasteiger partial charge in [0.1, 0.15) is 0 Å². The number of ether oxygens (including phenoxy) is 1. The van der Waals surface area contributed by atoms with E-state index < -0.39 is 0 Å². The third-order valence-corrected chi connectivity index (χ3v) is 1.95. The van der Waals surface area contributed by atoms with E-state index >= 15 is 0 Å². The Morgan fingerprint density at radius 2 is 1.86 bits per heavy atom. The summed E-state index contributed by atoms with van der Waals surface area (Å²) in [5.74, 6) is -0.320. The monoisotopic (exact) mass is 265 g/mol. The standard InChI is InChI=1S/C10H19NO2.BrH/c1-6-11(7-2)9(5)13-10(12)8(3)4;/h9H,3,6-7H2,1-2,4-5H3;1H. The van der Waals surface area contributed by atoms with Gasteiger partial charge >= 0.3 is 5.97 Å². The fourth-order valence-electron chi connectivity index (χ4n) is 1.07. The minimum absolute atomic E-state index is 0. The Morgan fingerprint density at radius 1 is 1.43 bits per heavy atom. The van der Waals surface area contributed by atoms with Gasteiger partial charge in [0.2, 0.25) is 0 Å².